The standard InChI is InChI=1S/C74H59BN4/c1-73(2,3)58-32-15-7-24-50(58)52-26-9-21-38-66(52)78-68-44-42-48(76-62-34-17-11-28-54(62)55-29-12-18-35-63(55)76)46-60(68)75-61-47-49(77-64-36-19-13-30-56(64)57-31-14-20-37-65(57)77)43-45-69(61)79(71-41-23-40-70(78)72(71)75)67-39-22-10-27-53(67)51-25-8-16-33-59(51)74(4,5)6/h7-47H,1-6H3. The maximum absolute atomic E-state index is 2.59. The molecule has 13 aromatic rings. The molecule has 2 aromatic heterocycles. The molecule has 0 aliphatic carbocycles. The molecular formula is C74H59BN4. The van der Waals surface area contributed by atoms with E-state index in [1.54, 1.807) is 0 Å². The van der Waals surface area contributed by atoms with Crippen molar-refractivity contribution in [2.45, 2.75) is 52.4 Å². The molecule has 0 saturated carbocycles. The van der Waals surface area contributed by atoms with Crippen LogP contribution in [0.25, 0.3) is 77.2 Å². The van der Waals surface area contributed by atoms with Gasteiger partial charge < -0.3 is 18.9 Å². The summed E-state index contributed by atoms with van der Waals surface area (Å²) in [6, 6.07) is 93.4. The molecule has 0 fully saturated rings. The fraction of sp³-hybridized carbons (Fsp3) is 0.108. The van der Waals surface area contributed by atoms with E-state index in [-0.39, 0.29) is 17.5 Å². The van der Waals surface area contributed by atoms with Crippen molar-refractivity contribution in [3.63, 3.8) is 0 Å². The van der Waals surface area contributed by atoms with Crippen molar-refractivity contribution in [2.75, 3.05) is 9.80 Å². The van der Waals surface area contributed by atoms with Gasteiger partial charge in [0, 0.05) is 66.8 Å². The Bertz CT molecular complexity index is 4220. The number of benzene rings is 11. The number of rotatable bonds is 6. The highest BCUT2D eigenvalue weighted by atomic mass is 15.2. The molecule has 0 saturated heterocycles. The van der Waals surface area contributed by atoms with Crippen molar-refractivity contribution >= 4 is 101 Å². The first-order chi connectivity index (χ1) is 38.5. The maximum Gasteiger partial charge on any atom is 0.252 e. The lowest BCUT2D eigenvalue weighted by atomic mass is 9.33. The largest absolute Gasteiger partial charge is 0.311 e. The molecule has 11 aromatic carbocycles. The lowest BCUT2D eigenvalue weighted by molar-refractivity contribution is 0.591. The Morgan fingerprint density at radius 2 is 0.595 bits per heavy atom. The SMILES string of the molecule is CC(C)(C)c1ccccc1-c1ccccc1N1c2ccc(-n3c4ccccc4c4ccccc43)cc2B2c3cc(-n4c5ccccc5c5ccccc54)ccc3N(c3ccccc3-c3ccccc3C(C)(C)C)c3cccc1c32. The summed E-state index contributed by atoms with van der Waals surface area (Å²) in [5.74, 6) is 0. The van der Waals surface area contributed by atoms with E-state index in [4.69, 9.17) is 0 Å². The summed E-state index contributed by atoms with van der Waals surface area (Å²) < 4.78 is 4.97. The van der Waals surface area contributed by atoms with Crippen LogP contribution < -0.4 is 26.2 Å². The number of nitrogens with zero attached hydrogens (tertiary/aromatic N) is 4. The summed E-state index contributed by atoms with van der Waals surface area (Å²) in [6.45, 7) is 13.8. The minimum absolute atomic E-state index is 0.0883. The minimum atomic E-state index is -0.159. The Balaban J connectivity index is 1.07. The molecule has 5 heteroatoms. The van der Waals surface area contributed by atoms with Crippen molar-refractivity contribution in [1.82, 2.24) is 9.13 Å². The van der Waals surface area contributed by atoms with Crippen LogP contribution in [0.5, 0.6) is 0 Å². The van der Waals surface area contributed by atoms with Gasteiger partial charge in [-0.05, 0) is 134 Å². The summed E-state index contributed by atoms with van der Waals surface area (Å²) in [4.78, 5) is 5.19. The average molecular weight is 1020 g/mol. The number of fused-ring (bicyclic) bond motifs is 10. The molecule has 2 aliphatic rings. The summed E-state index contributed by atoms with van der Waals surface area (Å²) in [7, 11) is 0. The molecule has 0 N–H and O–H groups in total. The zero-order valence-electron chi connectivity index (χ0n) is 45.5. The molecule has 15 rings (SSSR count). The van der Waals surface area contributed by atoms with E-state index >= 15 is 0 Å². The highest BCUT2D eigenvalue weighted by Crippen LogP contribution is 2.50. The average Bonchev–Trinajstić information content (AvgIpc) is 4.07. The quantitative estimate of drug-likeness (QED) is 0.154. The number of hydrogen-bond donors (Lipinski definition) is 0. The van der Waals surface area contributed by atoms with Gasteiger partial charge >= 0.3 is 0 Å². The Morgan fingerprint density at radius 1 is 0.278 bits per heavy atom. The molecule has 2 aliphatic heterocycles. The number of aromatic nitrogens is 2. The summed E-state index contributed by atoms with van der Waals surface area (Å²) in [6.07, 6.45) is 0. The monoisotopic (exact) mass is 1010 g/mol. The summed E-state index contributed by atoms with van der Waals surface area (Å²) in [5.41, 5.74) is 25.1. The van der Waals surface area contributed by atoms with E-state index in [9.17, 15) is 0 Å². The Morgan fingerprint density at radius 3 is 0.975 bits per heavy atom. The molecule has 4 nitrogen and oxygen atoms in total. The van der Waals surface area contributed by atoms with Gasteiger partial charge in [-0.2, -0.15) is 0 Å². The van der Waals surface area contributed by atoms with Crippen LogP contribution in [-0.2, 0) is 10.8 Å². The summed E-state index contributed by atoms with van der Waals surface area (Å²) >= 11 is 0. The lowest BCUT2D eigenvalue weighted by Gasteiger charge is -2.45. The van der Waals surface area contributed by atoms with Crippen molar-refractivity contribution in [3.8, 4) is 33.6 Å². The zero-order chi connectivity index (χ0) is 53.3. The second-order valence-electron chi connectivity index (χ2n) is 23.7. The fourth-order valence-corrected chi connectivity index (χ4v) is 13.7. The van der Waals surface area contributed by atoms with Crippen LogP contribution in [-0.4, -0.2) is 15.8 Å². The smallest absolute Gasteiger partial charge is 0.252 e. The third-order valence-corrected chi connectivity index (χ3v) is 17.0. The molecule has 0 atom stereocenters. The van der Waals surface area contributed by atoms with Gasteiger partial charge in [0.15, 0.2) is 0 Å². The number of hydrogen-bond acceptors (Lipinski definition) is 2. The third kappa shape index (κ3) is 7.15. The van der Waals surface area contributed by atoms with E-state index < -0.39 is 0 Å². The number of para-hydroxylation sites is 6. The minimum Gasteiger partial charge on any atom is -0.311 e. The van der Waals surface area contributed by atoms with Crippen LogP contribution >= 0.6 is 0 Å². The Hall–Kier alpha value is -9.32. The highest BCUT2D eigenvalue weighted by molar-refractivity contribution is 7.00. The second-order valence-corrected chi connectivity index (χ2v) is 23.7. The first-order valence-corrected chi connectivity index (χ1v) is 27.9. The molecular weight excluding hydrogens is 956 g/mol. The molecule has 0 unspecified atom stereocenters. The van der Waals surface area contributed by atoms with Crippen molar-refractivity contribution in [2.24, 2.45) is 0 Å². The van der Waals surface area contributed by atoms with E-state index in [0.717, 1.165) is 22.7 Å². The van der Waals surface area contributed by atoms with Crippen molar-refractivity contribution in [1.29, 1.82) is 0 Å². The highest BCUT2D eigenvalue weighted by Gasteiger charge is 2.45. The first-order valence-electron chi connectivity index (χ1n) is 27.9. The van der Waals surface area contributed by atoms with Gasteiger partial charge in [-0.3, -0.25) is 0 Å². The van der Waals surface area contributed by atoms with E-state index in [1.165, 1.54) is 116 Å². The lowest BCUT2D eigenvalue weighted by Crippen LogP contribution is -2.61. The van der Waals surface area contributed by atoms with Crippen LogP contribution in [0.15, 0.2) is 249 Å². The third-order valence-electron chi connectivity index (χ3n) is 17.0. The van der Waals surface area contributed by atoms with E-state index in [0.29, 0.717) is 0 Å². The van der Waals surface area contributed by atoms with Crippen LogP contribution in [0.2, 0.25) is 0 Å². The van der Waals surface area contributed by atoms with Crippen molar-refractivity contribution < 1.29 is 0 Å². The van der Waals surface area contributed by atoms with Crippen molar-refractivity contribution in [3.05, 3.63) is 260 Å². The predicted octanol–water partition coefficient (Wildman–Crippen LogP) is 17.9. The number of anilines is 6. The van der Waals surface area contributed by atoms with Gasteiger partial charge in [-0.15, -0.1) is 0 Å². The second kappa shape index (κ2) is 17.6. The maximum atomic E-state index is 2.59. The normalized spacial score (nSPS) is 13.1. The molecule has 79 heavy (non-hydrogen) atoms. The molecule has 0 radical (unpaired) electrons. The van der Waals surface area contributed by atoms with Gasteiger partial charge in [0.05, 0.1) is 33.4 Å². The fourth-order valence-electron chi connectivity index (χ4n) is 13.7. The molecule has 0 spiro atoms. The van der Waals surface area contributed by atoms with Gasteiger partial charge in [0.25, 0.3) is 6.71 Å². The first kappa shape index (κ1) is 46.9. The molecule has 378 valence electrons. The van der Waals surface area contributed by atoms with E-state index in [1.807, 2.05) is 0 Å². The van der Waals surface area contributed by atoms with Gasteiger partial charge in [0.1, 0.15) is 0 Å². The van der Waals surface area contributed by atoms with Crippen LogP contribution in [0.4, 0.5) is 34.1 Å². The van der Waals surface area contributed by atoms with Crippen LogP contribution in [0, 0.1) is 0 Å². The van der Waals surface area contributed by atoms with Crippen LogP contribution in [0.1, 0.15) is 52.7 Å². The summed E-state index contributed by atoms with van der Waals surface area (Å²) in [5, 5.41) is 4.99. The van der Waals surface area contributed by atoms with Crippen LogP contribution in [0.3, 0.4) is 0 Å². The van der Waals surface area contributed by atoms with Gasteiger partial charge in [0.2, 0.25) is 0 Å². The van der Waals surface area contributed by atoms with Gasteiger partial charge in [-0.1, -0.05) is 205 Å². The van der Waals surface area contributed by atoms with E-state index in [2.05, 4.69) is 309 Å². The topological polar surface area (TPSA) is 16.3 Å². The molecule has 0 bridgehead atoms. The molecule has 0 amide bonds. The Kier molecular flexibility index (Phi) is 10.5. The molecule has 4 heterocycles. The Labute approximate surface area is 463 Å². The zero-order valence-corrected chi connectivity index (χ0v) is 45.5. The van der Waals surface area contributed by atoms with Gasteiger partial charge in [-0.25, -0.2) is 0 Å². The predicted molar refractivity (Wildman–Crippen MR) is 337 cm³/mol.